The monoisotopic (exact) mass is 293 g/mol. The van der Waals surface area contributed by atoms with E-state index in [0.29, 0.717) is 5.52 Å². The molecule has 0 spiro atoms. The minimum absolute atomic E-state index is 0.202. The van der Waals surface area contributed by atoms with Crippen LogP contribution in [0, 0.1) is 0 Å². The third-order valence-corrected chi connectivity index (χ3v) is 5.14. The molecular weight excluding hydrogens is 274 g/mol. The molecule has 0 aliphatic carbocycles. The fourth-order valence-electron chi connectivity index (χ4n) is 2.82. The molecule has 0 bridgehead atoms. The van der Waals surface area contributed by atoms with Gasteiger partial charge in [-0.3, -0.25) is 0 Å². The van der Waals surface area contributed by atoms with E-state index in [4.69, 9.17) is 0 Å². The molecule has 1 aromatic carbocycles. The van der Waals surface area contributed by atoms with Crippen molar-refractivity contribution in [3.8, 4) is 0 Å². The Hall–Kier alpha value is -1.40. The summed E-state index contributed by atoms with van der Waals surface area (Å²) in [7, 11) is -3.27. The molecule has 1 aliphatic rings. The number of sulfone groups is 1. The lowest BCUT2D eigenvalue weighted by Gasteiger charge is -2.33. The first-order valence-corrected chi connectivity index (χ1v) is 8.74. The van der Waals surface area contributed by atoms with Crippen molar-refractivity contribution in [1.82, 2.24) is 15.3 Å². The summed E-state index contributed by atoms with van der Waals surface area (Å²) in [6.45, 7) is 3.08. The average molecular weight is 293 g/mol. The van der Waals surface area contributed by atoms with Crippen molar-refractivity contribution in [2.45, 2.75) is 36.6 Å². The molecule has 2 aromatic rings. The van der Waals surface area contributed by atoms with Gasteiger partial charge >= 0.3 is 0 Å². The van der Waals surface area contributed by atoms with Crippen LogP contribution in [0.4, 0.5) is 0 Å². The summed E-state index contributed by atoms with van der Waals surface area (Å²) in [6, 6.07) is 5.23. The van der Waals surface area contributed by atoms with Gasteiger partial charge in [0.25, 0.3) is 0 Å². The Kier molecular flexibility index (Phi) is 3.10. The van der Waals surface area contributed by atoms with Gasteiger partial charge in [0, 0.05) is 6.26 Å². The topological polar surface area (TPSA) is 74.8 Å². The largest absolute Gasteiger partial charge is 0.340 e. The normalized spacial score (nSPS) is 24.1. The number of nitrogens with one attached hydrogen (secondary N) is 2. The first kappa shape index (κ1) is 13.6. The number of aromatic nitrogens is 2. The van der Waals surface area contributed by atoms with E-state index in [1.807, 2.05) is 6.07 Å². The number of piperidine rings is 1. The van der Waals surface area contributed by atoms with Crippen LogP contribution in [0.5, 0.6) is 0 Å². The van der Waals surface area contributed by atoms with Crippen LogP contribution in [0.25, 0.3) is 11.0 Å². The van der Waals surface area contributed by atoms with E-state index in [9.17, 15) is 8.42 Å². The predicted molar refractivity (Wildman–Crippen MR) is 78.4 cm³/mol. The van der Waals surface area contributed by atoms with Gasteiger partial charge in [-0.1, -0.05) is 6.07 Å². The second kappa shape index (κ2) is 4.56. The van der Waals surface area contributed by atoms with Crippen LogP contribution in [0.3, 0.4) is 0 Å². The fraction of sp³-hybridized carbons (Fsp3) is 0.500. The van der Waals surface area contributed by atoms with E-state index >= 15 is 0 Å². The summed E-state index contributed by atoms with van der Waals surface area (Å²) < 4.78 is 23.7. The Morgan fingerprint density at radius 3 is 2.75 bits per heavy atom. The molecule has 6 heteroatoms. The van der Waals surface area contributed by atoms with E-state index in [1.54, 1.807) is 12.1 Å². The molecular formula is C14H19N3O2S. The highest BCUT2D eigenvalue weighted by Gasteiger charge is 2.32. The average Bonchev–Trinajstić information content (AvgIpc) is 2.82. The minimum atomic E-state index is -3.27. The number of imidazole rings is 1. The Morgan fingerprint density at radius 1 is 1.30 bits per heavy atom. The summed E-state index contributed by atoms with van der Waals surface area (Å²) in [6.07, 6.45) is 4.54. The van der Waals surface area contributed by atoms with Crippen molar-refractivity contribution in [3.05, 3.63) is 24.0 Å². The minimum Gasteiger partial charge on any atom is -0.340 e. The van der Waals surface area contributed by atoms with Crippen molar-refractivity contribution >= 4 is 20.9 Å². The summed E-state index contributed by atoms with van der Waals surface area (Å²) in [5, 5.41) is 3.49. The van der Waals surface area contributed by atoms with Crippen molar-refractivity contribution < 1.29 is 8.42 Å². The number of para-hydroxylation sites is 1. The van der Waals surface area contributed by atoms with Crippen molar-refractivity contribution in [2.24, 2.45) is 0 Å². The second-order valence-corrected chi connectivity index (χ2v) is 7.71. The Balaban J connectivity index is 2.16. The van der Waals surface area contributed by atoms with Crippen molar-refractivity contribution in [3.63, 3.8) is 0 Å². The highest BCUT2D eigenvalue weighted by molar-refractivity contribution is 7.91. The molecule has 0 saturated carbocycles. The zero-order valence-corrected chi connectivity index (χ0v) is 12.5. The Morgan fingerprint density at radius 2 is 2.10 bits per heavy atom. The lowest BCUT2D eigenvalue weighted by atomic mass is 9.90. The van der Waals surface area contributed by atoms with Crippen LogP contribution in [0.15, 0.2) is 23.1 Å². The molecule has 2 N–H and O–H groups in total. The maximum atomic E-state index is 11.8. The van der Waals surface area contributed by atoms with Crippen LogP contribution in [0.1, 0.15) is 32.0 Å². The molecule has 3 rings (SSSR count). The number of nitrogens with zero attached hydrogens (tertiary/aromatic N) is 1. The summed E-state index contributed by atoms with van der Waals surface area (Å²) in [5.74, 6) is 0.823. The van der Waals surface area contributed by atoms with E-state index in [-0.39, 0.29) is 10.4 Å². The molecule has 1 aromatic heterocycles. The maximum Gasteiger partial charge on any atom is 0.177 e. The van der Waals surface area contributed by atoms with Gasteiger partial charge in [0.05, 0.1) is 16.0 Å². The van der Waals surface area contributed by atoms with Crippen LogP contribution >= 0.6 is 0 Å². The summed E-state index contributed by atoms with van der Waals surface area (Å²) in [5.41, 5.74) is 1.11. The molecule has 0 radical (unpaired) electrons. The Bertz CT molecular complexity index is 743. The van der Waals surface area contributed by atoms with E-state index in [2.05, 4.69) is 22.2 Å². The predicted octanol–water partition coefficient (Wildman–Crippen LogP) is 1.96. The molecule has 1 fully saturated rings. The lowest BCUT2D eigenvalue weighted by molar-refractivity contribution is 0.271. The van der Waals surface area contributed by atoms with Gasteiger partial charge in [0.2, 0.25) is 0 Å². The molecule has 20 heavy (non-hydrogen) atoms. The standard InChI is InChI=1S/C14H19N3O2S/c1-14(8-3-4-9-15-14)13-16-10-6-5-7-11(12(10)17-13)20(2,18)19/h5-7,15H,3-4,8-9H2,1-2H3,(H,16,17). The third kappa shape index (κ3) is 2.23. The molecule has 5 nitrogen and oxygen atoms in total. The van der Waals surface area contributed by atoms with Gasteiger partial charge in [-0.15, -0.1) is 0 Å². The molecule has 1 aliphatic heterocycles. The van der Waals surface area contributed by atoms with Crippen LogP contribution in [-0.4, -0.2) is 31.2 Å². The first-order chi connectivity index (χ1) is 9.40. The fourth-order valence-corrected chi connectivity index (χ4v) is 3.66. The number of rotatable bonds is 2. The van der Waals surface area contributed by atoms with Crippen LogP contribution in [-0.2, 0) is 15.4 Å². The van der Waals surface area contributed by atoms with Gasteiger partial charge in [0.15, 0.2) is 9.84 Å². The lowest BCUT2D eigenvalue weighted by Crippen LogP contribution is -2.44. The zero-order chi connectivity index (χ0) is 14.4. The smallest absolute Gasteiger partial charge is 0.177 e. The first-order valence-electron chi connectivity index (χ1n) is 6.84. The maximum absolute atomic E-state index is 11.8. The Labute approximate surface area is 118 Å². The van der Waals surface area contributed by atoms with Crippen LogP contribution in [0.2, 0.25) is 0 Å². The van der Waals surface area contributed by atoms with E-state index in [1.165, 1.54) is 12.7 Å². The van der Waals surface area contributed by atoms with Crippen LogP contribution < -0.4 is 5.32 Å². The number of fused-ring (bicyclic) bond motifs is 1. The van der Waals surface area contributed by atoms with Gasteiger partial charge < -0.3 is 10.3 Å². The molecule has 1 atom stereocenters. The molecule has 0 amide bonds. The highest BCUT2D eigenvalue weighted by atomic mass is 32.2. The summed E-state index contributed by atoms with van der Waals surface area (Å²) >= 11 is 0. The molecule has 108 valence electrons. The molecule has 1 saturated heterocycles. The number of hydrogen-bond donors (Lipinski definition) is 2. The van der Waals surface area contributed by atoms with Gasteiger partial charge in [0.1, 0.15) is 11.3 Å². The number of benzene rings is 1. The van der Waals surface area contributed by atoms with E-state index in [0.717, 1.165) is 30.7 Å². The van der Waals surface area contributed by atoms with Crippen molar-refractivity contribution in [1.29, 1.82) is 0 Å². The van der Waals surface area contributed by atoms with E-state index < -0.39 is 9.84 Å². The second-order valence-electron chi connectivity index (χ2n) is 5.73. The quantitative estimate of drug-likeness (QED) is 0.887. The molecule has 2 heterocycles. The molecule has 1 unspecified atom stereocenters. The van der Waals surface area contributed by atoms with Gasteiger partial charge in [-0.25, -0.2) is 13.4 Å². The van der Waals surface area contributed by atoms with Crippen molar-refractivity contribution in [2.75, 3.05) is 12.8 Å². The number of hydrogen-bond acceptors (Lipinski definition) is 4. The third-order valence-electron chi connectivity index (χ3n) is 4.02. The number of H-pyrrole nitrogens is 1. The SMILES string of the molecule is CC1(c2nc3c(S(C)(=O)=O)cccc3[nH]2)CCCCN1. The number of aromatic amines is 1. The zero-order valence-electron chi connectivity index (χ0n) is 11.7. The summed E-state index contributed by atoms with van der Waals surface area (Å²) in [4.78, 5) is 8.15. The highest BCUT2D eigenvalue weighted by Crippen LogP contribution is 2.30. The van der Waals surface area contributed by atoms with Gasteiger partial charge in [-0.2, -0.15) is 0 Å². The van der Waals surface area contributed by atoms with Gasteiger partial charge in [-0.05, 0) is 44.9 Å².